The van der Waals surface area contributed by atoms with Crippen molar-refractivity contribution in [2.45, 2.75) is 31.9 Å². The van der Waals surface area contributed by atoms with Crippen molar-refractivity contribution in [3.05, 3.63) is 35.9 Å². The van der Waals surface area contributed by atoms with Gasteiger partial charge in [-0.1, -0.05) is 30.3 Å². The van der Waals surface area contributed by atoms with Crippen LogP contribution in [0.25, 0.3) is 0 Å². The van der Waals surface area contributed by atoms with E-state index in [1.807, 2.05) is 37.3 Å². The molecule has 1 saturated heterocycles. The number of carbonyl (C=O) groups excluding carboxylic acids is 1. The smallest absolute Gasteiger partial charge is 0.410 e. The molecule has 1 fully saturated rings. The van der Waals surface area contributed by atoms with E-state index in [9.17, 15) is 4.79 Å². The summed E-state index contributed by atoms with van der Waals surface area (Å²) in [7, 11) is 0. The summed E-state index contributed by atoms with van der Waals surface area (Å²) in [5, 5.41) is 0. The molecule has 1 amide bonds. The highest BCUT2D eigenvalue weighted by atomic mass is 16.6. The number of nitrogens with two attached hydrogens (primary N) is 1. The Bertz CT molecular complexity index is 404. The fourth-order valence-electron chi connectivity index (χ4n) is 2.23. The van der Waals surface area contributed by atoms with Crippen LogP contribution in [0.2, 0.25) is 0 Å². The number of rotatable bonds is 2. The van der Waals surface area contributed by atoms with Gasteiger partial charge in [-0.25, -0.2) is 4.79 Å². The van der Waals surface area contributed by atoms with Gasteiger partial charge in [-0.3, -0.25) is 0 Å². The molecule has 2 rings (SSSR count). The lowest BCUT2D eigenvalue weighted by molar-refractivity contribution is 0.0759. The fraction of sp³-hybridized carbons (Fsp3) is 0.500. The molecule has 0 spiro atoms. The van der Waals surface area contributed by atoms with E-state index >= 15 is 0 Å². The minimum Gasteiger partial charge on any atom is -0.445 e. The maximum absolute atomic E-state index is 11.9. The molecule has 1 atom stereocenters. The third-order valence-corrected chi connectivity index (χ3v) is 3.19. The highest BCUT2D eigenvalue weighted by Gasteiger charge is 2.30. The number of hydrogen-bond acceptors (Lipinski definition) is 3. The molecule has 1 heterocycles. The highest BCUT2D eigenvalue weighted by molar-refractivity contribution is 5.68. The summed E-state index contributed by atoms with van der Waals surface area (Å²) in [5.41, 5.74) is 6.77. The molecule has 0 unspecified atom stereocenters. The molecular formula is C14H20N2O2. The van der Waals surface area contributed by atoms with E-state index < -0.39 is 0 Å². The summed E-state index contributed by atoms with van der Waals surface area (Å²) in [6.45, 7) is 3.60. The Balaban J connectivity index is 1.85. The van der Waals surface area contributed by atoms with Crippen molar-refractivity contribution in [1.82, 2.24) is 4.90 Å². The molecule has 1 aromatic rings. The number of nitrogens with zero attached hydrogens (tertiary/aromatic N) is 1. The van der Waals surface area contributed by atoms with E-state index in [-0.39, 0.29) is 11.6 Å². The lowest BCUT2D eigenvalue weighted by Gasteiger charge is -2.37. The zero-order valence-electron chi connectivity index (χ0n) is 10.8. The maximum atomic E-state index is 11.9. The van der Waals surface area contributed by atoms with E-state index in [2.05, 4.69) is 0 Å². The van der Waals surface area contributed by atoms with Crippen molar-refractivity contribution in [2.24, 2.45) is 5.73 Å². The van der Waals surface area contributed by atoms with E-state index in [0.29, 0.717) is 13.2 Å². The van der Waals surface area contributed by atoms with Crippen LogP contribution < -0.4 is 5.73 Å². The van der Waals surface area contributed by atoms with Crippen LogP contribution >= 0.6 is 0 Å². The van der Waals surface area contributed by atoms with Gasteiger partial charge in [0.25, 0.3) is 0 Å². The molecule has 4 nitrogen and oxygen atoms in total. The molecule has 1 aliphatic heterocycles. The molecule has 1 aromatic carbocycles. The van der Waals surface area contributed by atoms with Gasteiger partial charge < -0.3 is 15.4 Å². The Morgan fingerprint density at radius 3 is 2.83 bits per heavy atom. The summed E-state index contributed by atoms with van der Waals surface area (Å²) in [4.78, 5) is 13.6. The van der Waals surface area contributed by atoms with Gasteiger partial charge in [-0.2, -0.15) is 0 Å². The molecule has 1 aliphatic rings. The Morgan fingerprint density at radius 1 is 1.44 bits per heavy atom. The third-order valence-electron chi connectivity index (χ3n) is 3.19. The van der Waals surface area contributed by atoms with Crippen molar-refractivity contribution in [2.75, 3.05) is 13.1 Å². The summed E-state index contributed by atoms with van der Waals surface area (Å²) in [5.74, 6) is 0. The van der Waals surface area contributed by atoms with Gasteiger partial charge >= 0.3 is 6.09 Å². The van der Waals surface area contributed by atoms with Gasteiger partial charge in [0.2, 0.25) is 0 Å². The number of hydrogen-bond donors (Lipinski definition) is 1. The summed E-state index contributed by atoms with van der Waals surface area (Å²) in [6.07, 6.45) is 1.62. The normalized spacial score (nSPS) is 23.8. The maximum Gasteiger partial charge on any atom is 0.410 e. The van der Waals surface area contributed by atoms with Gasteiger partial charge in [-0.15, -0.1) is 0 Å². The van der Waals surface area contributed by atoms with Crippen molar-refractivity contribution in [1.29, 1.82) is 0 Å². The minimum atomic E-state index is -0.288. The summed E-state index contributed by atoms with van der Waals surface area (Å²) < 4.78 is 5.29. The van der Waals surface area contributed by atoms with Crippen molar-refractivity contribution >= 4 is 6.09 Å². The number of ether oxygens (including phenoxy) is 1. The predicted molar refractivity (Wildman–Crippen MR) is 70.0 cm³/mol. The van der Waals surface area contributed by atoms with Gasteiger partial charge in [0.05, 0.1) is 0 Å². The quantitative estimate of drug-likeness (QED) is 0.872. The van der Waals surface area contributed by atoms with Crippen molar-refractivity contribution < 1.29 is 9.53 Å². The topological polar surface area (TPSA) is 55.6 Å². The molecule has 2 N–H and O–H groups in total. The Hall–Kier alpha value is -1.55. The van der Waals surface area contributed by atoms with E-state index in [4.69, 9.17) is 10.5 Å². The van der Waals surface area contributed by atoms with Gasteiger partial charge in [0.1, 0.15) is 6.61 Å². The number of benzene rings is 1. The number of amides is 1. The minimum absolute atomic E-state index is 0.268. The first-order valence-corrected chi connectivity index (χ1v) is 6.31. The van der Waals surface area contributed by atoms with E-state index in [1.165, 1.54) is 0 Å². The molecule has 98 valence electrons. The summed E-state index contributed by atoms with van der Waals surface area (Å²) >= 11 is 0. The van der Waals surface area contributed by atoms with Crippen LogP contribution in [0.5, 0.6) is 0 Å². The zero-order valence-corrected chi connectivity index (χ0v) is 10.8. The average Bonchev–Trinajstić information content (AvgIpc) is 2.36. The Morgan fingerprint density at radius 2 is 2.17 bits per heavy atom. The van der Waals surface area contributed by atoms with Gasteiger partial charge in [-0.05, 0) is 25.3 Å². The lowest BCUT2D eigenvalue weighted by atomic mass is 9.93. The summed E-state index contributed by atoms with van der Waals surface area (Å²) in [6, 6.07) is 9.69. The van der Waals surface area contributed by atoms with E-state index in [0.717, 1.165) is 24.9 Å². The molecule has 0 radical (unpaired) electrons. The molecule has 0 saturated carbocycles. The molecule has 4 heteroatoms. The first-order chi connectivity index (χ1) is 8.57. The van der Waals surface area contributed by atoms with Crippen molar-refractivity contribution in [3.63, 3.8) is 0 Å². The Labute approximate surface area is 108 Å². The predicted octanol–water partition coefficient (Wildman–Crippen LogP) is 2.14. The van der Waals surface area contributed by atoms with Crippen LogP contribution in [0.4, 0.5) is 4.79 Å². The first kappa shape index (κ1) is 12.9. The zero-order chi connectivity index (χ0) is 13.0. The lowest BCUT2D eigenvalue weighted by Crippen LogP contribution is -2.53. The van der Waals surface area contributed by atoms with Crippen LogP contribution in [0.3, 0.4) is 0 Å². The van der Waals surface area contributed by atoms with Crippen LogP contribution in [0.1, 0.15) is 25.3 Å². The van der Waals surface area contributed by atoms with Crippen LogP contribution in [0.15, 0.2) is 30.3 Å². The van der Waals surface area contributed by atoms with Gasteiger partial charge in [0, 0.05) is 18.6 Å². The average molecular weight is 248 g/mol. The van der Waals surface area contributed by atoms with Crippen molar-refractivity contribution in [3.8, 4) is 0 Å². The second kappa shape index (κ2) is 5.40. The van der Waals surface area contributed by atoms with E-state index in [1.54, 1.807) is 4.90 Å². The van der Waals surface area contributed by atoms with Crippen LogP contribution in [-0.2, 0) is 11.3 Å². The highest BCUT2D eigenvalue weighted by Crippen LogP contribution is 2.18. The second-order valence-electron chi connectivity index (χ2n) is 5.22. The Kier molecular flexibility index (Phi) is 3.87. The molecule has 18 heavy (non-hydrogen) atoms. The molecule has 0 aliphatic carbocycles. The van der Waals surface area contributed by atoms with Crippen LogP contribution in [-0.4, -0.2) is 29.6 Å². The monoisotopic (exact) mass is 248 g/mol. The number of carbonyl (C=O) groups is 1. The van der Waals surface area contributed by atoms with Gasteiger partial charge in [0.15, 0.2) is 0 Å². The largest absolute Gasteiger partial charge is 0.445 e. The fourth-order valence-corrected chi connectivity index (χ4v) is 2.23. The second-order valence-corrected chi connectivity index (χ2v) is 5.22. The van der Waals surface area contributed by atoms with Crippen LogP contribution in [0, 0.1) is 0 Å². The standard InChI is InChI=1S/C14H20N2O2/c1-14(15)8-5-9-16(11-14)13(17)18-10-12-6-3-2-4-7-12/h2-4,6-7H,5,8-11,15H2,1H3/t14-/m1/s1. The molecular weight excluding hydrogens is 228 g/mol. The molecule has 0 bridgehead atoms. The number of likely N-dealkylation sites (tertiary alicyclic amines) is 1. The first-order valence-electron chi connectivity index (χ1n) is 6.31. The molecule has 0 aromatic heterocycles. The third kappa shape index (κ3) is 3.47. The SMILES string of the molecule is C[C@@]1(N)CCCN(C(=O)OCc2ccccc2)C1. The number of piperidine rings is 1.